The van der Waals surface area contributed by atoms with E-state index < -0.39 is 0 Å². The summed E-state index contributed by atoms with van der Waals surface area (Å²) < 4.78 is 5.39. The average molecular weight is 285 g/mol. The van der Waals surface area contributed by atoms with Crippen LogP contribution in [0.25, 0.3) is 0 Å². The smallest absolute Gasteiger partial charge is 0.310 e. The standard InChI is InChI=1S/C17H19NO3/c1-8-3-4-12(9(2)5-8)18-16(19)14-10-6-11-13(7-10)21-17(20)15(11)14/h3-5,10-11,13-15H,6-7H2,1-2H3,(H,18,19)/t10-,11-,13+,14+,15-/m0/s1. The number of carbonyl (C=O) groups excluding carboxylic acids is 2. The number of fused-ring (bicyclic) bond motifs is 1. The maximum atomic E-state index is 12.7. The number of rotatable bonds is 2. The van der Waals surface area contributed by atoms with Crippen LogP contribution in [-0.4, -0.2) is 18.0 Å². The maximum Gasteiger partial charge on any atom is 0.310 e. The summed E-state index contributed by atoms with van der Waals surface area (Å²) in [6, 6.07) is 5.98. The lowest BCUT2D eigenvalue weighted by atomic mass is 9.79. The summed E-state index contributed by atoms with van der Waals surface area (Å²) in [6.45, 7) is 4.02. The Kier molecular flexibility index (Phi) is 2.65. The van der Waals surface area contributed by atoms with Gasteiger partial charge in [-0.25, -0.2) is 0 Å². The molecule has 5 atom stereocenters. The average Bonchev–Trinajstić information content (AvgIpc) is 3.02. The Labute approximate surface area is 123 Å². The molecule has 4 rings (SSSR count). The third-order valence-corrected chi connectivity index (χ3v) is 5.43. The molecule has 1 aliphatic heterocycles. The van der Waals surface area contributed by atoms with E-state index in [-0.39, 0.29) is 35.7 Å². The van der Waals surface area contributed by atoms with Gasteiger partial charge in [0, 0.05) is 11.6 Å². The predicted molar refractivity (Wildman–Crippen MR) is 77.6 cm³/mol. The van der Waals surface area contributed by atoms with Crippen LogP contribution in [0.15, 0.2) is 18.2 Å². The van der Waals surface area contributed by atoms with Crippen molar-refractivity contribution in [1.82, 2.24) is 0 Å². The zero-order chi connectivity index (χ0) is 14.7. The number of hydrogen-bond acceptors (Lipinski definition) is 3. The molecule has 1 aromatic carbocycles. The zero-order valence-electron chi connectivity index (χ0n) is 12.3. The van der Waals surface area contributed by atoms with Gasteiger partial charge in [-0.3, -0.25) is 9.59 Å². The first-order valence-electron chi connectivity index (χ1n) is 7.63. The molecular formula is C17H19NO3. The summed E-state index contributed by atoms with van der Waals surface area (Å²) in [4.78, 5) is 24.6. The fourth-order valence-corrected chi connectivity index (χ4v) is 4.53. The minimum atomic E-state index is -0.209. The lowest BCUT2D eigenvalue weighted by Gasteiger charge is -2.24. The van der Waals surface area contributed by atoms with Crippen LogP contribution in [0.4, 0.5) is 5.69 Å². The second-order valence-electron chi connectivity index (χ2n) is 6.73. The largest absolute Gasteiger partial charge is 0.462 e. The van der Waals surface area contributed by atoms with Crippen molar-refractivity contribution >= 4 is 17.6 Å². The normalized spacial score (nSPS) is 35.9. The van der Waals surface area contributed by atoms with E-state index in [1.165, 1.54) is 5.56 Å². The summed E-state index contributed by atoms with van der Waals surface area (Å²) >= 11 is 0. The summed E-state index contributed by atoms with van der Waals surface area (Å²) in [5.41, 5.74) is 3.07. The van der Waals surface area contributed by atoms with E-state index in [9.17, 15) is 9.59 Å². The number of esters is 1. The Morgan fingerprint density at radius 1 is 1.29 bits per heavy atom. The zero-order valence-corrected chi connectivity index (χ0v) is 12.3. The number of hydrogen-bond donors (Lipinski definition) is 1. The minimum Gasteiger partial charge on any atom is -0.462 e. The fraction of sp³-hybridized carbons (Fsp3) is 0.529. The molecule has 110 valence electrons. The van der Waals surface area contributed by atoms with Crippen molar-refractivity contribution in [3.8, 4) is 0 Å². The number of carbonyl (C=O) groups is 2. The number of ether oxygens (including phenoxy) is 1. The van der Waals surface area contributed by atoms with Gasteiger partial charge in [-0.1, -0.05) is 17.7 Å². The number of aryl methyl sites for hydroxylation is 2. The first kappa shape index (κ1) is 12.9. The van der Waals surface area contributed by atoms with E-state index in [4.69, 9.17) is 4.74 Å². The summed E-state index contributed by atoms with van der Waals surface area (Å²) in [5, 5.41) is 3.02. The van der Waals surface area contributed by atoms with Crippen molar-refractivity contribution in [2.24, 2.45) is 23.7 Å². The van der Waals surface area contributed by atoms with Gasteiger partial charge in [0.25, 0.3) is 0 Å². The molecule has 2 bridgehead atoms. The highest BCUT2D eigenvalue weighted by atomic mass is 16.6. The molecule has 4 nitrogen and oxygen atoms in total. The maximum absolute atomic E-state index is 12.7. The van der Waals surface area contributed by atoms with Crippen LogP contribution >= 0.6 is 0 Å². The fourth-order valence-electron chi connectivity index (χ4n) is 4.53. The highest BCUT2D eigenvalue weighted by Gasteiger charge is 2.63. The molecule has 3 fully saturated rings. The van der Waals surface area contributed by atoms with Gasteiger partial charge < -0.3 is 10.1 Å². The molecule has 1 saturated heterocycles. The van der Waals surface area contributed by atoms with Crippen LogP contribution in [0.5, 0.6) is 0 Å². The van der Waals surface area contributed by atoms with Crippen LogP contribution < -0.4 is 5.32 Å². The van der Waals surface area contributed by atoms with Crippen LogP contribution in [0.2, 0.25) is 0 Å². The van der Waals surface area contributed by atoms with Crippen molar-refractivity contribution in [3.63, 3.8) is 0 Å². The van der Waals surface area contributed by atoms with Gasteiger partial charge in [0.1, 0.15) is 6.10 Å². The second kappa shape index (κ2) is 4.33. The molecule has 0 spiro atoms. The second-order valence-corrected chi connectivity index (χ2v) is 6.73. The van der Waals surface area contributed by atoms with Crippen molar-refractivity contribution < 1.29 is 14.3 Å². The van der Waals surface area contributed by atoms with Gasteiger partial charge in [0.15, 0.2) is 0 Å². The van der Waals surface area contributed by atoms with Crippen molar-refractivity contribution in [2.75, 3.05) is 5.32 Å². The summed E-state index contributed by atoms with van der Waals surface area (Å²) in [5.74, 6) is -0.0106. The monoisotopic (exact) mass is 285 g/mol. The van der Waals surface area contributed by atoms with E-state index in [0.29, 0.717) is 5.92 Å². The van der Waals surface area contributed by atoms with Gasteiger partial charge in [-0.2, -0.15) is 0 Å². The first-order valence-corrected chi connectivity index (χ1v) is 7.63. The quantitative estimate of drug-likeness (QED) is 0.849. The molecule has 2 aliphatic carbocycles. The molecule has 1 amide bonds. The number of benzene rings is 1. The minimum absolute atomic E-state index is 0.0169. The molecular weight excluding hydrogens is 266 g/mol. The van der Waals surface area contributed by atoms with Crippen molar-refractivity contribution in [3.05, 3.63) is 29.3 Å². The van der Waals surface area contributed by atoms with Crippen LogP contribution in [0.1, 0.15) is 24.0 Å². The third-order valence-electron chi connectivity index (χ3n) is 5.43. The van der Waals surface area contributed by atoms with E-state index in [1.54, 1.807) is 0 Å². The number of anilines is 1. The molecule has 1 N–H and O–H groups in total. The van der Waals surface area contributed by atoms with Gasteiger partial charge in [0.2, 0.25) is 5.91 Å². The molecule has 1 heterocycles. The van der Waals surface area contributed by atoms with Crippen LogP contribution in [0, 0.1) is 37.5 Å². The van der Waals surface area contributed by atoms with Gasteiger partial charge >= 0.3 is 5.97 Å². The summed E-state index contributed by atoms with van der Waals surface area (Å²) in [7, 11) is 0. The van der Waals surface area contributed by atoms with Crippen LogP contribution in [-0.2, 0) is 14.3 Å². The Morgan fingerprint density at radius 2 is 2.10 bits per heavy atom. The van der Waals surface area contributed by atoms with Gasteiger partial charge in [0.05, 0.1) is 11.8 Å². The number of amides is 1. The van der Waals surface area contributed by atoms with E-state index in [2.05, 4.69) is 11.4 Å². The topological polar surface area (TPSA) is 55.4 Å². The van der Waals surface area contributed by atoms with E-state index in [0.717, 1.165) is 24.1 Å². The van der Waals surface area contributed by atoms with Crippen molar-refractivity contribution in [2.45, 2.75) is 32.8 Å². The lowest BCUT2D eigenvalue weighted by Crippen LogP contribution is -2.36. The first-order chi connectivity index (χ1) is 10.0. The molecule has 4 heteroatoms. The Hall–Kier alpha value is -1.84. The number of nitrogens with one attached hydrogen (secondary N) is 1. The van der Waals surface area contributed by atoms with Gasteiger partial charge in [-0.05, 0) is 44.2 Å². The van der Waals surface area contributed by atoms with Crippen LogP contribution in [0.3, 0.4) is 0 Å². The molecule has 2 saturated carbocycles. The van der Waals surface area contributed by atoms with E-state index >= 15 is 0 Å². The molecule has 0 radical (unpaired) electrons. The highest BCUT2D eigenvalue weighted by molar-refractivity contribution is 5.97. The Balaban J connectivity index is 1.57. The van der Waals surface area contributed by atoms with E-state index in [1.807, 2.05) is 26.0 Å². The lowest BCUT2D eigenvalue weighted by molar-refractivity contribution is -0.145. The molecule has 0 aromatic heterocycles. The molecule has 0 unspecified atom stereocenters. The SMILES string of the molecule is Cc1ccc(NC(=O)[C@@H]2[C@H]3C[C@@H]4[C@@H]2C(=O)O[C@@H]4C3)c(C)c1. The molecule has 3 aliphatic rings. The highest BCUT2D eigenvalue weighted by Crippen LogP contribution is 2.57. The van der Waals surface area contributed by atoms with Crippen molar-refractivity contribution in [1.29, 1.82) is 0 Å². The Bertz CT molecular complexity index is 637. The molecule has 21 heavy (non-hydrogen) atoms. The Morgan fingerprint density at radius 3 is 2.86 bits per heavy atom. The summed E-state index contributed by atoms with van der Waals surface area (Å²) in [6.07, 6.45) is 1.90. The van der Waals surface area contributed by atoms with Gasteiger partial charge in [-0.15, -0.1) is 0 Å². The molecule has 1 aromatic rings. The predicted octanol–water partition coefficient (Wildman–Crippen LogP) is 2.44. The third kappa shape index (κ3) is 1.81.